The zero-order chi connectivity index (χ0) is 12.4. The van der Waals surface area contributed by atoms with Crippen LogP contribution in [0.2, 0.25) is 0 Å². The third-order valence-electron chi connectivity index (χ3n) is 3.40. The molecule has 0 aliphatic carbocycles. The number of hydrogen-bond donors (Lipinski definition) is 0. The summed E-state index contributed by atoms with van der Waals surface area (Å²) in [5.74, 6) is 0.578. The zero-order valence-corrected chi connectivity index (χ0v) is 9.95. The van der Waals surface area contributed by atoms with E-state index in [9.17, 15) is 0 Å². The van der Waals surface area contributed by atoms with Crippen LogP contribution in [0.4, 0.5) is 5.69 Å². The Labute approximate surface area is 106 Å². The zero-order valence-electron chi connectivity index (χ0n) is 9.95. The van der Waals surface area contributed by atoms with Crippen molar-refractivity contribution in [2.75, 3.05) is 18.0 Å². The van der Waals surface area contributed by atoms with Gasteiger partial charge >= 0.3 is 0 Å². The molecule has 0 bridgehead atoms. The van der Waals surface area contributed by atoms with Crippen LogP contribution in [0.25, 0.3) is 0 Å². The summed E-state index contributed by atoms with van der Waals surface area (Å²) in [5.41, 5.74) is 3.21. The van der Waals surface area contributed by atoms with E-state index in [2.05, 4.69) is 22.0 Å². The predicted molar refractivity (Wildman–Crippen MR) is 70.3 cm³/mol. The molecule has 0 unspecified atom stereocenters. The lowest BCUT2D eigenvalue weighted by molar-refractivity contribution is 0.524. The summed E-state index contributed by atoms with van der Waals surface area (Å²) in [6.45, 7) is 2.05. The van der Waals surface area contributed by atoms with Crippen LogP contribution in [0, 0.1) is 11.3 Å². The van der Waals surface area contributed by atoms with Gasteiger partial charge in [-0.05, 0) is 35.9 Å². The van der Waals surface area contributed by atoms with Crippen LogP contribution in [-0.4, -0.2) is 18.1 Å². The van der Waals surface area contributed by atoms with Gasteiger partial charge in [0, 0.05) is 37.1 Å². The summed E-state index contributed by atoms with van der Waals surface area (Å²) in [6.07, 6.45) is 3.75. The molecule has 3 heteroatoms. The molecule has 1 fully saturated rings. The van der Waals surface area contributed by atoms with Crippen molar-refractivity contribution >= 4 is 5.69 Å². The predicted octanol–water partition coefficient (Wildman–Crippen LogP) is 2.56. The van der Waals surface area contributed by atoms with Gasteiger partial charge in [-0.2, -0.15) is 5.26 Å². The number of pyridine rings is 1. The Balaban J connectivity index is 1.67. The van der Waals surface area contributed by atoms with E-state index in [1.165, 1.54) is 11.3 Å². The van der Waals surface area contributed by atoms with Crippen molar-refractivity contribution in [1.82, 2.24) is 4.98 Å². The summed E-state index contributed by atoms with van der Waals surface area (Å²) in [6, 6.07) is 14.0. The van der Waals surface area contributed by atoms with Gasteiger partial charge in [0.15, 0.2) is 0 Å². The molecule has 0 radical (unpaired) electrons. The Morgan fingerprint density at radius 2 is 1.94 bits per heavy atom. The average Bonchev–Trinajstić information content (AvgIpc) is 2.39. The highest BCUT2D eigenvalue weighted by Crippen LogP contribution is 2.31. The molecule has 1 aliphatic heterocycles. The smallest absolute Gasteiger partial charge is 0.0991 e. The molecule has 18 heavy (non-hydrogen) atoms. The fourth-order valence-electron chi connectivity index (χ4n) is 2.26. The van der Waals surface area contributed by atoms with Gasteiger partial charge in [0.25, 0.3) is 0 Å². The highest BCUT2D eigenvalue weighted by atomic mass is 15.2. The molecule has 0 atom stereocenters. The maximum Gasteiger partial charge on any atom is 0.0991 e. The molecule has 1 saturated heterocycles. The van der Waals surface area contributed by atoms with Crippen LogP contribution in [-0.2, 0) is 0 Å². The van der Waals surface area contributed by atoms with Crippen LogP contribution in [0.5, 0.6) is 0 Å². The van der Waals surface area contributed by atoms with Crippen LogP contribution in [0.3, 0.4) is 0 Å². The first-order chi connectivity index (χ1) is 8.86. The van der Waals surface area contributed by atoms with E-state index < -0.39 is 0 Å². The van der Waals surface area contributed by atoms with Crippen molar-refractivity contribution in [3.63, 3.8) is 0 Å². The van der Waals surface area contributed by atoms with Gasteiger partial charge in [-0.15, -0.1) is 0 Å². The summed E-state index contributed by atoms with van der Waals surface area (Å²) >= 11 is 0. The summed E-state index contributed by atoms with van der Waals surface area (Å²) < 4.78 is 0. The number of hydrogen-bond acceptors (Lipinski definition) is 3. The minimum absolute atomic E-state index is 0.578. The summed E-state index contributed by atoms with van der Waals surface area (Å²) in [5, 5.41) is 8.76. The van der Waals surface area contributed by atoms with Gasteiger partial charge < -0.3 is 4.90 Å². The molecule has 0 spiro atoms. The van der Waals surface area contributed by atoms with E-state index in [-0.39, 0.29) is 0 Å². The van der Waals surface area contributed by atoms with Crippen molar-refractivity contribution < 1.29 is 0 Å². The van der Waals surface area contributed by atoms with E-state index in [0.717, 1.165) is 13.1 Å². The fraction of sp³-hybridized carbons (Fsp3) is 0.200. The monoisotopic (exact) mass is 235 g/mol. The van der Waals surface area contributed by atoms with Gasteiger partial charge in [0.1, 0.15) is 0 Å². The average molecular weight is 235 g/mol. The van der Waals surface area contributed by atoms with E-state index in [1.54, 1.807) is 6.20 Å². The van der Waals surface area contributed by atoms with E-state index >= 15 is 0 Å². The number of aromatic nitrogens is 1. The largest absolute Gasteiger partial charge is 0.370 e. The lowest BCUT2D eigenvalue weighted by Gasteiger charge is -2.41. The SMILES string of the molecule is N#Cc1ccc(N2CC(c3cccnc3)C2)cc1. The first-order valence-electron chi connectivity index (χ1n) is 6.02. The minimum Gasteiger partial charge on any atom is -0.370 e. The molecule has 2 heterocycles. The molecule has 0 amide bonds. The lowest BCUT2D eigenvalue weighted by atomic mass is 9.92. The van der Waals surface area contributed by atoms with Crippen LogP contribution in [0.1, 0.15) is 17.0 Å². The van der Waals surface area contributed by atoms with E-state index in [4.69, 9.17) is 5.26 Å². The number of anilines is 1. The van der Waals surface area contributed by atoms with Gasteiger partial charge in [-0.3, -0.25) is 4.98 Å². The highest BCUT2D eigenvalue weighted by molar-refractivity contribution is 5.53. The fourth-order valence-corrected chi connectivity index (χ4v) is 2.26. The summed E-state index contributed by atoms with van der Waals surface area (Å²) in [7, 11) is 0. The normalized spacial score (nSPS) is 14.9. The first kappa shape index (κ1) is 10.8. The molecule has 1 aromatic carbocycles. The molecule has 88 valence electrons. The molecule has 1 aliphatic rings. The number of rotatable bonds is 2. The molecular formula is C15H13N3. The van der Waals surface area contributed by atoms with Gasteiger partial charge in [0.2, 0.25) is 0 Å². The Morgan fingerprint density at radius 1 is 1.17 bits per heavy atom. The highest BCUT2D eigenvalue weighted by Gasteiger charge is 2.28. The Bertz CT molecular complexity index is 563. The molecule has 3 rings (SSSR count). The van der Waals surface area contributed by atoms with Gasteiger partial charge in [-0.25, -0.2) is 0 Å². The first-order valence-corrected chi connectivity index (χ1v) is 6.02. The Kier molecular flexibility index (Phi) is 2.70. The summed E-state index contributed by atoms with van der Waals surface area (Å²) in [4.78, 5) is 6.47. The maximum atomic E-state index is 8.76. The molecule has 0 saturated carbocycles. The Morgan fingerprint density at radius 3 is 2.56 bits per heavy atom. The van der Waals surface area contributed by atoms with E-state index in [0.29, 0.717) is 11.5 Å². The maximum absolute atomic E-state index is 8.76. The van der Waals surface area contributed by atoms with Gasteiger partial charge in [-0.1, -0.05) is 6.07 Å². The van der Waals surface area contributed by atoms with Crippen molar-refractivity contribution in [2.45, 2.75) is 5.92 Å². The minimum atomic E-state index is 0.578. The van der Waals surface area contributed by atoms with Gasteiger partial charge in [0.05, 0.1) is 11.6 Å². The Hall–Kier alpha value is -2.34. The number of nitrogens with zero attached hydrogens (tertiary/aromatic N) is 3. The second kappa shape index (κ2) is 4.50. The number of nitriles is 1. The van der Waals surface area contributed by atoms with Crippen molar-refractivity contribution in [3.8, 4) is 6.07 Å². The van der Waals surface area contributed by atoms with Crippen molar-refractivity contribution in [3.05, 3.63) is 59.9 Å². The van der Waals surface area contributed by atoms with Crippen LogP contribution >= 0.6 is 0 Å². The van der Waals surface area contributed by atoms with Crippen molar-refractivity contribution in [1.29, 1.82) is 5.26 Å². The van der Waals surface area contributed by atoms with E-state index in [1.807, 2.05) is 36.5 Å². The quantitative estimate of drug-likeness (QED) is 0.803. The molecule has 0 N–H and O–H groups in total. The molecule has 1 aromatic heterocycles. The standard InChI is InChI=1S/C15H13N3/c16-8-12-3-5-15(6-4-12)18-10-14(11-18)13-2-1-7-17-9-13/h1-7,9,14H,10-11H2. The number of benzene rings is 1. The van der Waals surface area contributed by atoms with Crippen LogP contribution in [0.15, 0.2) is 48.8 Å². The molecule has 2 aromatic rings. The second-order valence-electron chi connectivity index (χ2n) is 4.55. The third-order valence-corrected chi connectivity index (χ3v) is 3.40. The lowest BCUT2D eigenvalue weighted by Crippen LogP contribution is -2.45. The topological polar surface area (TPSA) is 39.9 Å². The second-order valence-corrected chi connectivity index (χ2v) is 4.55. The molecular weight excluding hydrogens is 222 g/mol. The third kappa shape index (κ3) is 1.93. The van der Waals surface area contributed by atoms with Crippen LogP contribution < -0.4 is 4.90 Å². The molecule has 3 nitrogen and oxygen atoms in total. The van der Waals surface area contributed by atoms with Crippen molar-refractivity contribution in [2.24, 2.45) is 0 Å².